The molecule has 0 atom stereocenters. The van der Waals surface area contributed by atoms with Crippen LogP contribution in [0.1, 0.15) is 0 Å². The molecule has 10 aromatic rings. The van der Waals surface area contributed by atoms with Gasteiger partial charge in [0.15, 0.2) is 11.4 Å². The van der Waals surface area contributed by atoms with E-state index in [4.69, 9.17) is 9.97 Å². The summed E-state index contributed by atoms with van der Waals surface area (Å²) in [4.78, 5) is 10.8. The molecule has 2 aromatic heterocycles. The molecule has 11 rings (SSSR count). The lowest BCUT2D eigenvalue weighted by Gasteiger charge is -2.34. The van der Waals surface area contributed by atoms with E-state index in [1.54, 1.807) is 0 Å². The average Bonchev–Trinajstić information content (AvgIpc) is 3.76. The molecule has 0 spiro atoms. The molecule has 0 unspecified atom stereocenters. The number of quaternary nitrogens is 1. The summed E-state index contributed by atoms with van der Waals surface area (Å²) in [6.45, 7) is 0. The standard InChI is InChI=1S/C52H35N4/c1-5-18-36(19-6-1)38-22-17-23-39(32-38)47-34-46(37-20-7-2-8-21-37)53-52(54-47)55-48-30-15-13-28-42(48)44-33-45-43-29-14-16-31-50(43)56(51(45)35-49(44)55,40-24-9-3-10-25-40)41-26-11-4-12-27-41/h1-35H/q+1. The van der Waals surface area contributed by atoms with E-state index >= 15 is 0 Å². The van der Waals surface area contributed by atoms with Crippen molar-refractivity contribution < 1.29 is 0 Å². The molecule has 4 nitrogen and oxygen atoms in total. The van der Waals surface area contributed by atoms with Crippen molar-refractivity contribution in [2.75, 3.05) is 0 Å². The fourth-order valence-electron chi connectivity index (χ4n) is 8.77. The van der Waals surface area contributed by atoms with Crippen molar-refractivity contribution in [2.24, 2.45) is 0 Å². The van der Waals surface area contributed by atoms with Gasteiger partial charge in [-0.1, -0.05) is 146 Å². The fourth-order valence-corrected chi connectivity index (χ4v) is 8.77. The van der Waals surface area contributed by atoms with Gasteiger partial charge in [0.2, 0.25) is 5.95 Å². The van der Waals surface area contributed by atoms with E-state index in [2.05, 4.69) is 211 Å². The van der Waals surface area contributed by atoms with Crippen LogP contribution in [0.3, 0.4) is 0 Å². The third kappa shape index (κ3) is 4.90. The van der Waals surface area contributed by atoms with Crippen molar-refractivity contribution in [3.8, 4) is 50.7 Å². The first-order valence-electron chi connectivity index (χ1n) is 19.1. The highest BCUT2D eigenvalue weighted by atomic mass is 15.4. The van der Waals surface area contributed by atoms with Gasteiger partial charge in [-0.3, -0.25) is 4.57 Å². The van der Waals surface area contributed by atoms with Crippen LogP contribution in [-0.2, 0) is 0 Å². The summed E-state index contributed by atoms with van der Waals surface area (Å²) in [7, 11) is 0. The van der Waals surface area contributed by atoms with Gasteiger partial charge in [0.05, 0.1) is 33.5 Å². The Labute approximate surface area is 325 Å². The van der Waals surface area contributed by atoms with Crippen LogP contribution in [0.2, 0.25) is 0 Å². The molecule has 0 bridgehead atoms. The fraction of sp³-hybridized carbons (Fsp3) is 0. The molecule has 0 saturated heterocycles. The minimum atomic E-state index is 0.465. The first-order chi connectivity index (χ1) is 27.8. The Kier molecular flexibility index (Phi) is 7.37. The van der Waals surface area contributed by atoms with E-state index in [0.717, 1.165) is 49.9 Å². The molecule has 3 heterocycles. The molecular weight excluding hydrogens is 681 g/mol. The van der Waals surface area contributed by atoms with Gasteiger partial charge in [-0.2, -0.15) is 4.48 Å². The predicted molar refractivity (Wildman–Crippen MR) is 232 cm³/mol. The van der Waals surface area contributed by atoms with Crippen LogP contribution in [0.15, 0.2) is 212 Å². The number of aromatic nitrogens is 3. The highest BCUT2D eigenvalue weighted by Crippen LogP contribution is 2.63. The molecule has 1 aliphatic heterocycles. The van der Waals surface area contributed by atoms with Crippen LogP contribution >= 0.6 is 0 Å². The second-order valence-corrected chi connectivity index (χ2v) is 14.3. The van der Waals surface area contributed by atoms with E-state index in [9.17, 15) is 0 Å². The zero-order chi connectivity index (χ0) is 37.1. The maximum absolute atomic E-state index is 5.44. The lowest BCUT2D eigenvalue weighted by molar-refractivity contribution is 0.721. The Morgan fingerprint density at radius 2 is 0.893 bits per heavy atom. The van der Waals surface area contributed by atoms with E-state index < -0.39 is 0 Å². The maximum atomic E-state index is 5.44. The second-order valence-electron chi connectivity index (χ2n) is 14.3. The van der Waals surface area contributed by atoms with E-state index in [0.29, 0.717) is 10.4 Å². The summed E-state index contributed by atoms with van der Waals surface area (Å²) in [5.41, 5.74) is 15.5. The Balaban J connectivity index is 1.22. The van der Waals surface area contributed by atoms with Gasteiger partial charge in [0, 0.05) is 58.3 Å². The summed E-state index contributed by atoms with van der Waals surface area (Å²) < 4.78 is 2.74. The Morgan fingerprint density at radius 3 is 1.61 bits per heavy atom. The molecule has 0 amide bonds. The molecule has 0 N–H and O–H groups in total. The average molecular weight is 716 g/mol. The van der Waals surface area contributed by atoms with E-state index in [1.165, 1.54) is 39.4 Å². The van der Waals surface area contributed by atoms with Crippen molar-refractivity contribution in [3.05, 3.63) is 212 Å². The number of fused-ring (bicyclic) bond motifs is 6. The number of para-hydroxylation sites is 4. The number of hydrogen-bond donors (Lipinski definition) is 0. The lowest BCUT2D eigenvalue weighted by Crippen LogP contribution is -2.31. The molecule has 4 heteroatoms. The summed E-state index contributed by atoms with van der Waals surface area (Å²) in [6, 6.07) is 75.8. The van der Waals surface area contributed by atoms with Crippen LogP contribution < -0.4 is 4.48 Å². The zero-order valence-corrected chi connectivity index (χ0v) is 30.5. The van der Waals surface area contributed by atoms with Crippen molar-refractivity contribution >= 4 is 44.6 Å². The number of benzene rings is 8. The third-order valence-corrected chi connectivity index (χ3v) is 11.2. The van der Waals surface area contributed by atoms with Gasteiger partial charge < -0.3 is 0 Å². The van der Waals surface area contributed by atoms with Crippen LogP contribution in [0.5, 0.6) is 0 Å². The Bertz CT molecular complexity index is 3020. The maximum Gasteiger partial charge on any atom is 0.235 e. The molecule has 0 radical (unpaired) electrons. The van der Waals surface area contributed by atoms with Gasteiger partial charge in [-0.05, 0) is 41.5 Å². The summed E-state index contributed by atoms with van der Waals surface area (Å²) in [6.07, 6.45) is 0. The van der Waals surface area contributed by atoms with Gasteiger partial charge in [-0.25, -0.2) is 9.97 Å². The second kappa shape index (κ2) is 12.9. The monoisotopic (exact) mass is 715 g/mol. The van der Waals surface area contributed by atoms with Crippen LogP contribution in [0.25, 0.3) is 72.5 Å². The zero-order valence-electron chi connectivity index (χ0n) is 30.5. The summed E-state index contributed by atoms with van der Waals surface area (Å²) in [5.74, 6) is 0.630. The molecule has 0 aliphatic carbocycles. The number of rotatable bonds is 6. The first kappa shape index (κ1) is 32.1. The quantitative estimate of drug-likeness (QED) is 0.161. The summed E-state index contributed by atoms with van der Waals surface area (Å²) >= 11 is 0. The smallest absolute Gasteiger partial charge is 0.235 e. The van der Waals surface area contributed by atoms with Crippen molar-refractivity contribution in [1.29, 1.82) is 0 Å². The van der Waals surface area contributed by atoms with Crippen LogP contribution in [0.4, 0.5) is 22.7 Å². The molecular formula is C52H35N4+. The van der Waals surface area contributed by atoms with E-state index in [-0.39, 0.29) is 0 Å². The molecule has 0 saturated carbocycles. The molecule has 262 valence electrons. The van der Waals surface area contributed by atoms with Crippen molar-refractivity contribution in [1.82, 2.24) is 19.0 Å². The minimum absolute atomic E-state index is 0.465. The van der Waals surface area contributed by atoms with Crippen molar-refractivity contribution in [3.63, 3.8) is 0 Å². The summed E-state index contributed by atoms with van der Waals surface area (Å²) in [5, 5.41) is 2.32. The van der Waals surface area contributed by atoms with Gasteiger partial charge in [0.25, 0.3) is 0 Å². The Hall–Kier alpha value is -7.40. The van der Waals surface area contributed by atoms with Crippen molar-refractivity contribution in [2.45, 2.75) is 0 Å². The normalized spacial score (nSPS) is 12.8. The van der Waals surface area contributed by atoms with Gasteiger partial charge in [-0.15, -0.1) is 0 Å². The van der Waals surface area contributed by atoms with Gasteiger partial charge >= 0.3 is 0 Å². The highest BCUT2D eigenvalue weighted by Gasteiger charge is 2.48. The molecule has 8 aromatic carbocycles. The molecule has 1 aliphatic rings. The number of nitrogens with zero attached hydrogens (tertiary/aromatic N) is 4. The topological polar surface area (TPSA) is 30.7 Å². The first-order valence-corrected chi connectivity index (χ1v) is 19.1. The third-order valence-electron chi connectivity index (χ3n) is 11.2. The predicted octanol–water partition coefficient (Wildman–Crippen LogP) is 13.9. The van der Waals surface area contributed by atoms with Gasteiger partial charge in [0.1, 0.15) is 11.4 Å². The molecule has 56 heavy (non-hydrogen) atoms. The number of hydrogen-bond acceptors (Lipinski definition) is 2. The SMILES string of the molecule is c1ccc(-c2cccc(-c3cc(-c4ccccc4)nc(-n4c5ccccc5c5cc6c(cc54)[N+](c4ccccc4)(c4ccccc4)c4ccccc4-6)n3)c2)cc1. The molecule has 0 fully saturated rings. The lowest BCUT2D eigenvalue weighted by atomic mass is 10.0. The highest BCUT2D eigenvalue weighted by molar-refractivity contribution is 6.15. The van der Waals surface area contributed by atoms with Crippen LogP contribution in [0, 0.1) is 0 Å². The van der Waals surface area contributed by atoms with Crippen LogP contribution in [-0.4, -0.2) is 14.5 Å². The largest absolute Gasteiger partial charge is 0.278 e. The van der Waals surface area contributed by atoms with E-state index in [1.807, 2.05) is 6.07 Å². The minimum Gasteiger partial charge on any atom is -0.278 e. The Morgan fingerprint density at radius 1 is 0.339 bits per heavy atom.